The van der Waals surface area contributed by atoms with Crippen LogP contribution in [-0.4, -0.2) is 53.8 Å². The van der Waals surface area contributed by atoms with Crippen LogP contribution in [0.15, 0.2) is 41.5 Å². The molecule has 3 aliphatic rings. The van der Waals surface area contributed by atoms with Crippen molar-refractivity contribution in [2.75, 3.05) is 26.2 Å². The third-order valence-corrected chi connectivity index (χ3v) is 6.91. The first-order valence-electron chi connectivity index (χ1n) is 11.4. The fourth-order valence-corrected chi connectivity index (χ4v) is 5.46. The van der Waals surface area contributed by atoms with Gasteiger partial charge in [0.1, 0.15) is 5.82 Å². The zero-order valence-corrected chi connectivity index (χ0v) is 18.1. The van der Waals surface area contributed by atoms with Crippen molar-refractivity contribution in [3.63, 3.8) is 0 Å². The Bertz CT molecular complexity index is 1080. The van der Waals surface area contributed by atoms with Gasteiger partial charge < -0.3 is 15.6 Å². The Morgan fingerprint density at radius 2 is 1.94 bits per heavy atom. The molecule has 2 bridgehead atoms. The van der Waals surface area contributed by atoms with Gasteiger partial charge in [0.2, 0.25) is 11.8 Å². The van der Waals surface area contributed by atoms with E-state index in [0.717, 1.165) is 22.9 Å². The van der Waals surface area contributed by atoms with Gasteiger partial charge in [-0.05, 0) is 55.4 Å². The molecule has 32 heavy (non-hydrogen) atoms. The molecule has 8 heteroatoms. The van der Waals surface area contributed by atoms with Gasteiger partial charge in [0.05, 0.1) is 11.8 Å². The van der Waals surface area contributed by atoms with Crippen molar-refractivity contribution in [2.45, 2.75) is 19.8 Å². The van der Waals surface area contributed by atoms with Crippen LogP contribution in [0.25, 0.3) is 10.9 Å². The number of carbonyl (C=O) groups is 2. The van der Waals surface area contributed by atoms with Crippen molar-refractivity contribution in [3.8, 4) is 0 Å². The highest BCUT2D eigenvalue weighted by Crippen LogP contribution is 2.52. The van der Waals surface area contributed by atoms with Crippen molar-refractivity contribution in [1.29, 1.82) is 0 Å². The number of nitrogens with zero attached hydrogens (tertiary/aromatic N) is 2. The van der Waals surface area contributed by atoms with E-state index in [1.54, 1.807) is 6.07 Å². The molecule has 3 N–H and O–H groups in total. The minimum atomic E-state index is -0.254. The number of carbonyl (C=O) groups excluding carboxylic acids is 2. The summed E-state index contributed by atoms with van der Waals surface area (Å²) in [5.41, 5.74) is 1.92. The van der Waals surface area contributed by atoms with Gasteiger partial charge in [0.25, 0.3) is 0 Å². The average Bonchev–Trinajstić information content (AvgIpc) is 3.54. The Kier molecular flexibility index (Phi) is 5.45. The number of aromatic amines is 1. The van der Waals surface area contributed by atoms with E-state index in [1.807, 2.05) is 13.1 Å². The van der Waals surface area contributed by atoms with Crippen LogP contribution < -0.4 is 10.6 Å². The number of nitrogens with one attached hydrogen (secondary N) is 3. The van der Waals surface area contributed by atoms with Gasteiger partial charge in [-0.1, -0.05) is 12.2 Å². The molecule has 2 fully saturated rings. The number of benzene rings is 1. The molecule has 2 heterocycles. The Morgan fingerprint density at radius 3 is 2.66 bits per heavy atom. The van der Waals surface area contributed by atoms with E-state index in [4.69, 9.17) is 0 Å². The van der Waals surface area contributed by atoms with E-state index in [0.29, 0.717) is 38.6 Å². The molecule has 1 saturated heterocycles. The van der Waals surface area contributed by atoms with Crippen molar-refractivity contribution in [2.24, 2.45) is 28.7 Å². The largest absolute Gasteiger partial charge is 0.361 e. The lowest BCUT2D eigenvalue weighted by Crippen LogP contribution is -2.43. The number of halogens is 1. The molecule has 1 aromatic carbocycles. The van der Waals surface area contributed by atoms with Crippen LogP contribution in [0, 0.1) is 29.5 Å². The summed E-state index contributed by atoms with van der Waals surface area (Å²) in [6.45, 7) is 4.00. The van der Waals surface area contributed by atoms with Crippen LogP contribution in [-0.2, 0) is 16.0 Å². The molecule has 168 valence electrons. The molecule has 2 aromatic rings. The summed E-state index contributed by atoms with van der Waals surface area (Å²) >= 11 is 0. The Labute approximate surface area is 186 Å². The minimum Gasteiger partial charge on any atom is -0.361 e. The lowest BCUT2D eigenvalue weighted by molar-refractivity contribution is -0.140. The number of guanidine groups is 1. The second-order valence-electron chi connectivity index (χ2n) is 8.77. The normalized spacial score (nSPS) is 26.4. The molecule has 2 aliphatic carbocycles. The fourth-order valence-electron chi connectivity index (χ4n) is 5.46. The topological polar surface area (TPSA) is 89.6 Å². The van der Waals surface area contributed by atoms with E-state index in [-0.39, 0.29) is 41.3 Å². The molecule has 0 spiro atoms. The Hall–Kier alpha value is -3.16. The number of hydrogen-bond donors (Lipinski definition) is 3. The van der Waals surface area contributed by atoms with Gasteiger partial charge in [-0.25, -0.2) is 4.39 Å². The number of allylic oxidation sites excluding steroid dienone is 2. The number of aromatic nitrogens is 1. The molecule has 1 saturated carbocycles. The first-order valence-corrected chi connectivity index (χ1v) is 11.4. The second-order valence-corrected chi connectivity index (χ2v) is 8.77. The summed E-state index contributed by atoms with van der Waals surface area (Å²) in [7, 11) is 0. The van der Waals surface area contributed by atoms with Gasteiger partial charge in [-0.15, -0.1) is 0 Å². The van der Waals surface area contributed by atoms with Crippen LogP contribution in [0.4, 0.5) is 4.39 Å². The molecule has 2 amide bonds. The fraction of sp³-hybridized carbons (Fsp3) is 0.458. The van der Waals surface area contributed by atoms with Crippen molar-refractivity contribution in [3.05, 3.63) is 47.9 Å². The average molecular weight is 438 g/mol. The summed E-state index contributed by atoms with van der Waals surface area (Å²) in [5, 5.41) is 7.30. The van der Waals surface area contributed by atoms with Crippen LogP contribution in [0.3, 0.4) is 0 Å². The summed E-state index contributed by atoms with van der Waals surface area (Å²) in [5.74, 6) is 0.503. The first-order chi connectivity index (χ1) is 15.6. The SMILES string of the molecule is CCNC(=NCCc1c[nH]c2ccc(F)cc12)NCCN1C(=O)C2C3C=CC(C3)C2C1=O. The summed E-state index contributed by atoms with van der Waals surface area (Å²) in [6.07, 6.45) is 7.72. The highest BCUT2D eigenvalue weighted by atomic mass is 19.1. The van der Waals surface area contributed by atoms with E-state index in [1.165, 1.54) is 17.0 Å². The molecule has 5 rings (SSSR count). The maximum atomic E-state index is 13.6. The summed E-state index contributed by atoms with van der Waals surface area (Å²) in [6, 6.07) is 4.72. The van der Waals surface area contributed by atoms with Crippen LogP contribution in [0.2, 0.25) is 0 Å². The zero-order valence-electron chi connectivity index (χ0n) is 18.1. The Morgan fingerprint density at radius 1 is 1.19 bits per heavy atom. The maximum absolute atomic E-state index is 13.6. The van der Waals surface area contributed by atoms with E-state index >= 15 is 0 Å². The number of fused-ring (bicyclic) bond motifs is 6. The van der Waals surface area contributed by atoms with E-state index in [2.05, 4.69) is 32.8 Å². The molecular weight excluding hydrogens is 409 g/mol. The van der Waals surface area contributed by atoms with Crippen LogP contribution >= 0.6 is 0 Å². The third-order valence-electron chi connectivity index (χ3n) is 6.91. The minimum absolute atomic E-state index is 0.0212. The molecule has 7 nitrogen and oxygen atoms in total. The monoisotopic (exact) mass is 437 g/mol. The van der Waals surface area contributed by atoms with Gasteiger partial charge >= 0.3 is 0 Å². The molecule has 1 aliphatic heterocycles. The highest BCUT2D eigenvalue weighted by molar-refractivity contribution is 6.06. The second kappa shape index (κ2) is 8.41. The zero-order chi connectivity index (χ0) is 22.2. The lowest BCUT2D eigenvalue weighted by Gasteiger charge is -2.18. The molecule has 4 unspecified atom stereocenters. The van der Waals surface area contributed by atoms with E-state index in [9.17, 15) is 14.0 Å². The van der Waals surface area contributed by atoms with Crippen LogP contribution in [0.5, 0.6) is 0 Å². The molecule has 1 aromatic heterocycles. The predicted octanol–water partition coefficient (Wildman–Crippen LogP) is 2.21. The van der Waals surface area contributed by atoms with Crippen molar-refractivity contribution >= 4 is 28.7 Å². The third kappa shape index (κ3) is 3.57. The van der Waals surface area contributed by atoms with Gasteiger partial charge in [-0.3, -0.25) is 19.5 Å². The summed E-state index contributed by atoms with van der Waals surface area (Å²) in [4.78, 5) is 34.8. The smallest absolute Gasteiger partial charge is 0.233 e. The number of rotatable bonds is 7. The van der Waals surface area contributed by atoms with E-state index < -0.39 is 0 Å². The van der Waals surface area contributed by atoms with Gasteiger partial charge in [0.15, 0.2) is 5.96 Å². The number of hydrogen-bond acceptors (Lipinski definition) is 3. The maximum Gasteiger partial charge on any atom is 0.233 e. The first kappa shape index (κ1) is 20.7. The number of H-pyrrole nitrogens is 1. The lowest BCUT2D eigenvalue weighted by atomic mass is 9.85. The quantitative estimate of drug-likeness (QED) is 0.268. The molecular formula is C24H28FN5O2. The Balaban J connectivity index is 1.16. The van der Waals surface area contributed by atoms with Crippen molar-refractivity contribution in [1.82, 2.24) is 20.5 Å². The number of amides is 2. The predicted molar refractivity (Wildman–Crippen MR) is 120 cm³/mol. The highest BCUT2D eigenvalue weighted by Gasteiger charge is 2.58. The van der Waals surface area contributed by atoms with Crippen molar-refractivity contribution < 1.29 is 14.0 Å². The number of likely N-dealkylation sites (tertiary alicyclic amines) is 1. The molecule has 4 atom stereocenters. The van der Waals surface area contributed by atoms with Gasteiger partial charge in [0, 0.05) is 43.3 Å². The van der Waals surface area contributed by atoms with Crippen LogP contribution in [0.1, 0.15) is 18.9 Å². The van der Waals surface area contributed by atoms with Gasteiger partial charge in [-0.2, -0.15) is 0 Å². The summed E-state index contributed by atoms with van der Waals surface area (Å²) < 4.78 is 13.6. The molecule has 0 radical (unpaired) electrons. The number of imide groups is 1. The standard InChI is InChI=1S/C24H28FN5O2/c1-2-26-24(27-8-7-16-13-29-19-6-5-17(25)12-18(16)19)28-9-10-30-22(31)20-14-3-4-15(11-14)21(20)23(30)32/h3-6,12-15,20-21,29H,2,7-11H2,1H3,(H2,26,27,28). The number of aliphatic imine (C=N–C) groups is 1.